The van der Waals surface area contributed by atoms with Crippen molar-refractivity contribution >= 4 is 27.0 Å². The summed E-state index contributed by atoms with van der Waals surface area (Å²) in [5, 5.41) is 1.20. The van der Waals surface area contributed by atoms with E-state index in [1.54, 1.807) is 0 Å². The number of hydrogen-bond donors (Lipinski definition) is 1. The van der Waals surface area contributed by atoms with Gasteiger partial charge in [-0.3, -0.25) is 0 Å². The second-order valence-electron chi connectivity index (χ2n) is 1.95. The van der Waals surface area contributed by atoms with E-state index in [2.05, 4.69) is 9.24 Å². The van der Waals surface area contributed by atoms with Crippen LogP contribution in [0.4, 0.5) is 0 Å². The molecule has 1 nitrogen and oxygen atoms in total. The van der Waals surface area contributed by atoms with Crippen LogP contribution in [0.2, 0.25) is 0 Å². The van der Waals surface area contributed by atoms with Crippen LogP contribution in [0.5, 0.6) is 0 Å². The summed E-state index contributed by atoms with van der Waals surface area (Å²) in [5.74, 6) is 0. The Balaban J connectivity index is 0.000000810. The van der Waals surface area contributed by atoms with Gasteiger partial charge in [0.1, 0.15) is 0 Å². The zero-order valence-electron chi connectivity index (χ0n) is 5.58. The third kappa shape index (κ3) is 2.66. The Morgan fingerprint density at radius 1 is 1.20 bits per heavy atom. The topological polar surface area (TPSA) is 26.0 Å². The summed E-state index contributed by atoms with van der Waals surface area (Å²) in [6, 6.07) is 8.13. The third-order valence-electron chi connectivity index (χ3n) is 1.22. The van der Waals surface area contributed by atoms with Crippen LogP contribution in [0.15, 0.2) is 24.3 Å². The summed E-state index contributed by atoms with van der Waals surface area (Å²) in [5.41, 5.74) is 6.57. The molecule has 0 bridgehead atoms. The van der Waals surface area contributed by atoms with Crippen molar-refractivity contribution < 1.29 is 0 Å². The zero-order chi connectivity index (χ0) is 6.69. The number of halogens is 1. The van der Waals surface area contributed by atoms with E-state index < -0.39 is 0 Å². The van der Waals surface area contributed by atoms with Gasteiger partial charge in [0.15, 0.2) is 0 Å². The summed E-state index contributed by atoms with van der Waals surface area (Å²) in [6.45, 7) is 0.630. The molecule has 0 spiro atoms. The minimum Gasteiger partial charge on any atom is -0.326 e. The predicted molar refractivity (Wildman–Crippen MR) is 50.9 cm³/mol. The van der Waals surface area contributed by atoms with Crippen molar-refractivity contribution in [2.24, 2.45) is 5.73 Å². The highest BCUT2D eigenvalue weighted by Crippen LogP contribution is 1.96. The zero-order valence-corrected chi connectivity index (χ0v) is 7.55. The Hall–Kier alpha value is -0.100. The van der Waals surface area contributed by atoms with Crippen molar-refractivity contribution in [2.45, 2.75) is 6.54 Å². The molecule has 0 saturated carbocycles. The highest BCUT2D eigenvalue weighted by atomic mass is 35.5. The van der Waals surface area contributed by atoms with Gasteiger partial charge in [-0.25, -0.2) is 0 Å². The van der Waals surface area contributed by atoms with Crippen LogP contribution in [0.3, 0.4) is 0 Å². The first-order valence-corrected chi connectivity index (χ1v) is 3.45. The van der Waals surface area contributed by atoms with Gasteiger partial charge in [0.05, 0.1) is 0 Å². The molecule has 3 heteroatoms. The third-order valence-corrected chi connectivity index (χ3v) is 1.60. The Morgan fingerprint density at radius 3 is 2.10 bits per heavy atom. The molecule has 1 unspecified atom stereocenters. The van der Waals surface area contributed by atoms with Crippen LogP contribution in [-0.2, 0) is 6.54 Å². The van der Waals surface area contributed by atoms with Crippen molar-refractivity contribution in [2.75, 3.05) is 0 Å². The van der Waals surface area contributed by atoms with Crippen molar-refractivity contribution in [1.29, 1.82) is 0 Å². The summed E-state index contributed by atoms with van der Waals surface area (Å²) >= 11 is 0. The van der Waals surface area contributed by atoms with E-state index in [1.807, 2.05) is 24.3 Å². The van der Waals surface area contributed by atoms with E-state index in [4.69, 9.17) is 5.73 Å². The fourth-order valence-electron chi connectivity index (χ4n) is 0.654. The maximum Gasteiger partial charge on any atom is 0.0178 e. The number of nitrogens with two attached hydrogens (primary N) is 1. The molecule has 56 valence electrons. The van der Waals surface area contributed by atoms with Gasteiger partial charge in [-0.05, 0) is 10.9 Å². The van der Waals surface area contributed by atoms with Crippen LogP contribution in [0.25, 0.3) is 0 Å². The molecule has 0 aliphatic heterocycles. The van der Waals surface area contributed by atoms with Crippen LogP contribution in [0, 0.1) is 0 Å². The van der Waals surface area contributed by atoms with Crippen LogP contribution < -0.4 is 11.0 Å². The summed E-state index contributed by atoms with van der Waals surface area (Å²) in [6.07, 6.45) is 0. The predicted octanol–water partition coefficient (Wildman–Crippen LogP) is 1.07. The normalized spacial score (nSPS) is 8.60. The highest BCUT2D eigenvalue weighted by Gasteiger charge is 1.85. The second kappa shape index (κ2) is 4.68. The Bertz CT molecular complexity index is 185. The highest BCUT2D eigenvalue weighted by molar-refractivity contribution is 7.27. The molecule has 10 heavy (non-hydrogen) atoms. The molecule has 0 fully saturated rings. The summed E-state index contributed by atoms with van der Waals surface area (Å²) in [4.78, 5) is 0. The second-order valence-corrected chi connectivity index (χ2v) is 2.61. The lowest BCUT2D eigenvalue weighted by Gasteiger charge is -1.94. The minimum absolute atomic E-state index is 0. The van der Waals surface area contributed by atoms with Gasteiger partial charge in [-0.2, -0.15) is 0 Å². The minimum atomic E-state index is 0. The first kappa shape index (κ1) is 9.90. The average molecular weight is 176 g/mol. The first-order chi connectivity index (χ1) is 4.33. The molecular weight excluding hydrogens is 165 g/mol. The number of rotatable bonds is 1. The van der Waals surface area contributed by atoms with E-state index in [-0.39, 0.29) is 12.4 Å². The Labute approximate surface area is 69.6 Å². The molecule has 1 aromatic carbocycles. The van der Waals surface area contributed by atoms with E-state index >= 15 is 0 Å². The van der Waals surface area contributed by atoms with Gasteiger partial charge in [0.2, 0.25) is 0 Å². The molecule has 1 aromatic rings. The number of benzene rings is 1. The number of hydrogen-bond acceptors (Lipinski definition) is 1. The van der Waals surface area contributed by atoms with Crippen LogP contribution in [0.1, 0.15) is 5.56 Å². The first-order valence-electron chi connectivity index (χ1n) is 2.87. The standard InChI is InChI=1S/C7H10NP.ClH/c8-5-6-1-3-7(9)4-2-6;/h1-4H,5,8-9H2;1H. The lowest BCUT2D eigenvalue weighted by Crippen LogP contribution is -1.97. The molecule has 0 amide bonds. The molecule has 0 aliphatic rings. The summed E-state index contributed by atoms with van der Waals surface area (Å²) < 4.78 is 0. The van der Waals surface area contributed by atoms with Gasteiger partial charge < -0.3 is 5.73 Å². The van der Waals surface area contributed by atoms with Crippen molar-refractivity contribution in [3.05, 3.63) is 29.8 Å². The Kier molecular flexibility index (Phi) is 4.63. The molecule has 1 atom stereocenters. The van der Waals surface area contributed by atoms with Crippen molar-refractivity contribution in [3.63, 3.8) is 0 Å². The van der Waals surface area contributed by atoms with Gasteiger partial charge in [-0.1, -0.05) is 24.3 Å². The van der Waals surface area contributed by atoms with E-state index in [0.717, 1.165) is 0 Å². The summed E-state index contributed by atoms with van der Waals surface area (Å²) in [7, 11) is 2.63. The van der Waals surface area contributed by atoms with Gasteiger partial charge in [-0.15, -0.1) is 21.6 Å². The quantitative estimate of drug-likeness (QED) is 0.635. The SMILES string of the molecule is Cl.NCc1ccc(P)cc1. The van der Waals surface area contributed by atoms with Gasteiger partial charge in [0.25, 0.3) is 0 Å². The molecule has 0 aliphatic carbocycles. The molecule has 2 N–H and O–H groups in total. The van der Waals surface area contributed by atoms with E-state index in [1.165, 1.54) is 10.9 Å². The lowest BCUT2D eigenvalue weighted by molar-refractivity contribution is 1.07. The molecule has 0 radical (unpaired) electrons. The monoisotopic (exact) mass is 175 g/mol. The molecular formula is C7H11ClNP. The Morgan fingerprint density at radius 2 is 1.70 bits per heavy atom. The van der Waals surface area contributed by atoms with Crippen LogP contribution in [-0.4, -0.2) is 0 Å². The van der Waals surface area contributed by atoms with E-state index in [9.17, 15) is 0 Å². The molecule has 0 heterocycles. The fraction of sp³-hybridized carbons (Fsp3) is 0.143. The smallest absolute Gasteiger partial charge is 0.0178 e. The molecule has 1 rings (SSSR count). The molecule has 0 saturated heterocycles. The van der Waals surface area contributed by atoms with E-state index in [0.29, 0.717) is 6.54 Å². The fourth-order valence-corrected chi connectivity index (χ4v) is 0.846. The maximum atomic E-state index is 5.39. The van der Waals surface area contributed by atoms with Crippen molar-refractivity contribution in [1.82, 2.24) is 0 Å². The maximum absolute atomic E-state index is 5.39. The average Bonchev–Trinajstić information content (AvgIpc) is 1.90. The van der Waals surface area contributed by atoms with Crippen LogP contribution >= 0.6 is 21.6 Å². The largest absolute Gasteiger partial charge is 0.326 e. The molecule has 0 aromatic heterocycles. The van der Waals surface area contributed by atoms with Gasteiger partial charge in [0, 0.05) is 6.54 Å². The lowest BCUT2D eigenvalue weighted by atomic mass is 10.2. The van der Waals surface area contributed by atoms with Gasteiger partial charge >= 0.3 is 0 Å². The van der Waals surface area contributed by atoms with Crippen molar-refractivity contribution in [3.8, 4) is 0 Å².